The van der Waals surface area contributed by atoms with Crippen molar-refractivity contribution in [1.82, 2.24) is 10.2 Å². The van der Waals surface area contributed by atoms with Crippen molar-refractivity contribution in [2.75, 3.05) is 39.0 Å². The van der Waals surface area contributed by atoms with E-state index >= 15 is 0 Å². The highest BCUT2D eigenvalue weighted by Crippen LogP contribution is 2.07. The molecule has 1 aromatic rings. The van der Waals surface area contributed by atoms with Gasteiger partial charge in [-0.15, -0.1) is 0 Å². The lowest BCUT2D eigenvalue weighted by molar-refractivity contribution is -0.122. The third kappa shape index (κ3) is 4.83. The first kappa shape index (κ1) is 14.8. The summed E-state index contributed by atoms with van der Waals surface area (Å²) in [5.74, 6) is 0.0682. The summed E-state index contributed by atoms with van der Waals surface area (Å²) in [4.78, 5) is 14.0. The number of nitrogens with two attached hydrogens (primary N) is 1. The lowest BCUT2D eigenvalue weighted by Gasteiger charge is -2.30. The molecule has 110 valence electrons. The van der Waals surface area contributed by atoms with Crippen LogP contribution in [0.5, 0.6) is 0 Å². The number of carbonyl (C=O) groups excluding carboxylic acids is 1. The lowest BCUT2D eigenvalue weighted by Crippen LogP contribution is -2.45. The van der Waals surface area contributed by atoms with Gasteiger partial charge >= 0.3 is 0 Å². The Morgan fingerprint density at radius 1 is 1.45 bits per heavy atom. The zero-order chi connectivity index (χ0) is 14.4. The van der Waals surface area contributed by atoms with Crippen LogP contribution in [0.15, 0.2) is 24.3 Å². The first-order chi connectivity index (χ1) is 9.63. The van der Waals surface area contributed by atoms with E-state index in [-0.39, 0.29) is 12.0 Å². The molecule has 5 heteroatoms. The van der Waals surface area contributed by atoms with E-state index in [4.69, 9.17) is 10.5 Å². The zero-order valence-electron chi connectivity index (χ0n) is 12.0. The Hall–Kier alpha value is -1.59. The number of amides is 1. The molecule has 2 rings (SSSR count). The van der Waals surface area contributed by atoms with Crippen molar-refractivity contribution in [3.05, 3.63) is 29.8 Å². The van der Waals surface area contributed by atoms with Crippen LogP contribution >= 0.6 is 0 Å². The Kier molecular flexibility index (Phi) is 5.38. The Bertz CT molecular complexity index is 433. The quantitative estimate of drug-likeness (QED) is 0.775. The van der Waals surface area contributed by atoms with Crippen LogP contribution in [0.2, 0.25) is 0 Å². The third-order valence-corrected chi connectivity index (χ3v) is 3.49. The van der Waals surface area contributed by atoms with Gasteiger partial charge in [0.05, 0.1) is 12.7 Å². The van der Waals surface area contributed by atoms with E-state index in [0.29, 0.717) is 13.0 Å². The van der Waals surface area contributed by atoms with E-state index in [2.05, 4.69) is 17.3 Å². The smallest absolute Gasteiger partial charge is 0.220 e. The molecule has 20 heavy (non-hydrogen) atoms. The van der Waals surface area contributed by atoms with Crippen molar-refractivity contribution in [3.8, 4) is 0 Å². The molecule has 1 aliphatic heterocycles. The summed E-state index contributed by atoms with van der Waals surface area (Å²) in [6.07, 6.45) is 1.33. The molecule has 1 heterocycles. The van der Waals surface area contributed by atoms with Gasteiger partial charge in [-0.05, 0) is 31.2 Å². The molecular formula is C15H23N3O2. The number of anilines is 1. The summed E-state index contributed by atoms with van der Waals surface area (Å²) >= 11 is 0. The monoisotopic (exact) mass is 277 g/mol. The van der Waals surface area contributed by atoms with Crippen LogP contribution in [0.25, 0.3) is 0 Å². The van der Waals surface area contributed by atoms with Gasteiger partial charge in [0, 0.05) is 31.7 Å². The molecule has 0 aromatic heterocycles. The summed E-state index contributed by atoms with van der Waals surface area (Å²) in [5, 5.41) is 2.94. The second-order valence-electron chi connectivity index (χ2n) is 5.30. The SMILES string of the molecule is CN1CCOC(CNC(=O)CCc2ccc(N)cc2)C1. The van der Waals surface area contributed by atoms with E-state index in [1.54, 1.807) is 0 Å². The molecule has 0 radical (unpaired) electrons. The predicted molar refractivity (Wildman–Crippen MR) is 79.4 cm³/mol. The number of rotatable bonds is 5. The molecule has 1 atom stereocenters. The Labute approximate surface area is 120 Å². The Morgan fingerprint density at radius 2 is 2.20 bits per heavy atom. The van der Waals surface area contributed by atoms with Crippen LogP contribution in [0, 0.1) is 0 Å². The minimum Gasteiger partial charge on any atom is -0.399 e. The molecule has 0 spiro atoms. The first-order valence-corrected chi connectivity index (χ1v) is 7.05. The van der Waals surface area contributed by atoms with Gasteiger partial charge in [-0.3, -0.25) is 4.79 Å². The third-order valence-electron chi connectivity index (χ3n) is 3.49. The molecule has 1 amide bonds. The predicted octanol–water partition coefficient (Wildman–Crippen LogP) is 0.648. The number of morpholine rings is 1. The summed E-state index contributed by atoms with van der Waals surface area (Å²) < 4.78 is 5.60. The minimum atomic E-state index is 0.0682. The topological polar surface area (TPSA) is 67.6 Å². The highest BCUT2D eigenvalue weighted by Gasteiger charge is 2.17. The molecule has 1 saturated heterocycles. The highest BCUT2D eigenvalue weighted by molar-refractivity contribution is 5.76. The van der Waals surface area contributed by atoms with Crippen LogP contribution in [-0.2, 0) is 16.0 Å². The number of hydrogen-bond acceptors (Lipinski definition) is 4. The van der Waals surface area contributed by atoms with Crippen molar-refractivity contribution in [2.45, 2.75) is 18.9 Å². The summed E-state index contributed by atoms with van der Waals surface area (Å²) in [7, 11) is 2.07. The van der Waals surface area contributed by atoms with E-state index in [1.807, 2.05) is 24.3 Å². The normalized spacial score (nSPS) is 19.8. The van der Waals surface area contributed by atoms with Crippen molar-refractivity contribution < 1.29 is 9.53 Å². The number of nitrogens with zero attached hydrogens (tertiary/aromatic N) is 1. The van der Waals surface area contributed by atoms with E-state index < -0.39 is 0 Å². The fourth-order valence-electron chi connectivity index (χ4n) is 2.25. The summed E-state index contributed by atoms with van der Waals surface area (Å²) in [6, 6.07) is 7.64. The number of aryl methyl sites for hydroxylation is 1. The maximum Gasteiger partial charge on any atom is 0.220 e. The van der Waals surface area contributed by atoms with Crippen LogP contribution in [0.1, 0.15) is 12.0 Å². The van der Waals surface area contributed by atoms with Gasteiger partial charge in [0.25, 0.3) is 0 Å². The zero-order valence-corrected chi connectivity index (χ0v) is 12.0. The average molecular weight is 277 g/mol. The van der Waals surface area contributed by atoms with Gasteiger partial charge in [0.2, 0.25) is 5.91 Å². The summed E-state index contributed by atoms with van der Waals surface area (Å²) in [6.45, 7) is 3.16. The van der Waals surface area contributed by atoms with Gasteiger partial charge < -0.3 is 20.7 Å². The Balaban J connectivity index is 1.66. The van der Waals surface area contributed by atoms with Crippen LogP contribution < -0.4 is 11.1 Å². The van der Waals surface area contributed by atoms with Gasteiger partial charge in [0.15, 0.2) is 0 Å². The second kappa shape index (κ2) is 7.26. The van der Waals surface area contributed by atoms with Crippen LogP contribution in [-0.4, -0.2) is 50.2 Å². The molecule has 5 nitrogen and oxygen atoms in total. The molecule has 0 aliphatic carbocycles. The number of nitrogen functional groups attached to an aromatic ring is 1. The fraction of sp³-hybridized carbons (Fsp3) is 0.533. The van der Waals surface area contributed by atoms with Crippen LogP contribution in [0.3, 0.4) is 0 Å². The molecule has 0 bridgehead atoms. The number of ether oxygens (including phenoxy) is 1. The number of nitrogens with one attached hydrogen (secondary N) is 1. The fourth-order valence-corrected chi connectivity index (χ4v) is 2.25. The minimum absolute atomic E-state index is 0.0682. The molecular weight excluding hydrogens is 254 g/mol. The summed E-state index contributed by atoms with van der Waals surface area (Å²) in [5.41, 5.74) is 7.50. The maximum atomic E-state index is 11.8. The Morgan fingerprint density at radius 3 is 2.90 bits per heavy atom. The maximum absolute atomic E-state index is 11.8. The van der Waals surface area contributed by atoms with Crippen molar-refractivity contribution in [3.63, 3.8) is 0 Å². The lowest BCUT2D eigenvalue weighted by atomic mass is 10.1. The molecule has 1 aromatic carbocycles. The van der Waals surface area contributed by atoms with E-state index in [9.17, 15) is 4.79 Å². The van der Waals surface area contributed by atoms with E-state index in [0.717, 1.165) is 37.4 Å². The average Bonchev–Trinajstić information content (AvgIpc) is 2.45. The van der Waals surface area contributed by atoms with Gasteiger partial charge in [0.1, 0.15) is 0 Å². The molecule has 0 saturated carbocycles. The first-order valence-electron chi connectivity index (χ1n) is 7.05. The molecule has 3 N–H and O–H groups in total. The standard InChI is InChI=1S/C15H23N3O2/c1-18-8-9-20-14(11-18)10-17-15(19)7-4-12-2-5-13(16)6-3-12/h2-3,5-6,14H,4,7-11,16H2,1H3,(H,17,19). The largest absolute Gasteiger partial charge is 0.399 e. The van der Waals surface area contributed by atoms with E-state index in [1.165, 1.54) is 0 Å². The number of hydrogen-bond donors (Lipinski definition) is 2. The van der Waals surface area contributed by atoms with Gasteiger partial charge in [-0.2, -0.15) is 0 Å². The highest BCUT2D eigenvalue weighted by atomic mass is 16.5. The van der Waals surface area contributed by atoms with Crippen molar-refractivity contribution in [2.24, 2.45) is 0 Å². The number of carbonyl (C=O) groups is 1. The van der Waals surface area contributed by atoms with Crippen molar-refractivity contribution >= 4 is 11.6 Å². The molecule has 1 fully saturated rings. The molecule has 1 unspecified atom stereocenters. The van der Waals surface area contributed by atoms with Gasteiger partial charge in [-0.1, -0.05) is 12.1 Å². The molecule has 1 aliphatic rings. The van der Waals surface area contributed by atoms with Gasteiger partial charge in [-0.25, -0.2) is 0 Å². The second-order valence-corrected chi connectivity index (χ2v) is 5.30. The van der Waals surface area contributed by atoms with Crippen molar-refractivity contribution in [1.29, 1.82) is 0 Å². The van der Waals surface area contributed by atoms with Crippen LogP contribution in [0.4, 0.5) is 5.69 Å². The number of likely N-dealkylation sites (N-methyl/N-ethyl adjacent to an activating group) is 1. The number of benzene rings is 1.